The molecule has 182 valence electrons. The zero-order valence-corrected chi connectivity index (χ0v) is 18.6. The van der Waals surface area contributed by atoms with E-state index in [1.54, 1.807) is 24.3 Å². The summed E-state index contributed by atoms with van der Waals surface area (Å²) in [5.41, 5.74) is 1.19. The predicted octanol–water partition coefficient (Wildman–Crippen LogP) is 1.48. The predicted molar refractivity (Wildman–Crippen MR) is 111 cm³/mol. The number of nitrogens with one attached hydrogen (secondary N) is 1. The topological polar surface area (TPSA) is 114 Å². The first kappa shape index (κ1) is 25.1. The molecule has 0 amide bonds. The van der Waals surface area contributed by atoms with Crippen LogP contribution in [0.4, 0.5) is 13.2 Å². The molecule has 0 saturated carbocycles. The Hall–Kier alpha value is -2.48. The average molecular weight is 491 g/mol. The third-order valence-corrected chi connectivity index (χ3v) is 6.95. The van der Waals surface area contributed by atoms with Gasteiger partial charge in [0.15, 0.2) is 0 Å². The van der Waals surface area contributed by atoms with Crippen LogP contribution in [0.3, 0.4) is 0 Å². The summed E-state index contributed by atoms with van der Waals surface area (Å²) in [7, 11) is -1.55. The van der Waals surface area contributed by atoms with Gasteiger partial charge in [-0.15, -0.1) is 0 Å². The summed E-state index contributed by atoms with van der Waals surface area (Å²) in [6.07, 6.45) is -0.973. The molecule has 2 fully saturated rings. The lowest BCUT2D eigenvalue weighted by atomic mass is 9.93. The van der Waals surface area contributed by atoms with Crippen LogP contribution in [0.15, 0.2) is 47.6 Å². The molecule has 0 bridgehead atoms. The molecule has 0 radical (unpaired) electrons. The molecule has 13 heteroatoms. The van der Waals surface area contributed by atoms with Gasteiger partial charge in [0.25, 0.3) is 0 Å². The lowest BCUT2D eigenvalue weighted by Crippen LogP contribution is -2.34. The molecular weight excluding hydrogens is 465 g/mol. The van der Waals surface area contributed by atoms with E-state index in [0.717, 1.165) is 19.6 Å². The number of sulfonamides is 1. The lowest BCUT2D eigenvalue weighted by Gasteiger charge is -2.19. The number of aryl methyl sites for hydroxylation is 1. The van der Waals surface area contributed by atoms with Crippen LogP contribution in [0.25, 0.3) is 0 Å². The van der Waals surface area contributed by atoms with E-state index >= 15 is 0 Å². The van der Waals surface area contributed by atoms with Crippen LogP contribution < -0.4 is 4.72 Å². The SMILES string of the molecule is Cn1cc(CN2C[C@@H]3[C@@H](CNS(=O)(=O)c4ccccc4)CO[C@@H]3C2)cn1.O=C(O)C(F)(F)F. The van der Waals surface area contributed by atoms with Crippen LogP contribution in [0.5, 0.6) is 0 Å². The summed E-state index contributed by atoms with van der Waals surface area (Å²) in [6.45, 7) is 3.71. The number of alkyl halides is 3. The fourth-order valence-corrected chi connectivity index (χ4v) is 5.05. The van der Waals surface area contributed by atoms with Gasteiger partial charge in [-0.3, -0.25) is 9.58 Å². The number of halogens is 3. The smallest absolute Gasteiger partial charge is 0.475 e. The van der Waals surface area contributed by atoms with Crippen molar-refractivity contribution in [2.45, 2.75) is 23.7 Å². The number of aromatic nitrogens is 2. The molecule has 1 aromatic heterocycles. The molecule has 2 saturated heterocycles. The maximum Gasteiger partial charge on any atom is 0.490 e. The summed E-state index contributed by atoms with van der Waals surface area (Å²) >= 11 is 0. The molecule has 3 atom stereocenters. The van der Waals surface area contributed by atoms with E-state index in [1.807, 2.05) is 30.2 Å². The zero-order chi connectivity index (χ0) is 24.2. The van der Waals surface area contributed by atoms with Crippen LogP contribution in [0.1, 0.15) is 5.56 Å². The first-order chi connectivity index (χ1) is 15.5. The van der Waals surface area contributed by atoms with Gasteiger partial charge in [-0.2, -0.15) is 18.3 Å². The Kier molecular flexibility index (Phi) is 7.77. The summed E-state index contributed by atoms with van der Waals surface area (Å²) in [5.74, 6) is -2.19. The van der Waals surface area contributed by atoms with Crippen molar-refractivity contribution in [3.05, 3.63) is 48.3 Å². The summed E-state index contributed by atoms with van der Waals surface area (Å²) < 4.78 is 67.1. The fourth-order valence-electron chi connectivity index (χ4n) is 3.93. The van der Waals surface area contributed by atoms with Crippen molar-refractivity contribution in [1.82, 2.24) is 19.4 Å². The highest BCUT2D eigenvalue weighted by Gasteiger charge is 2.44. The number of nitrogens with zero attached hydrogens (tertiary/aromatic N) is 3. The molecule has 0 aliphatic carbocycles. The van der Waals surface area contributed by atoms with Crippen molar-refractivity contribution in [1.29, 1.82) is 0 Å². The van der Waals surface area contributed by atoms with Gasteiger partial charge >= 0.3 is 12.1 Å². The minimum absolute atomic E-state index is 0.193. The van der Waals surface area contributed by atoms with Crippen LogP contribution in [0, 0.1) is 11.8 Å². The molecule has 4 rings (SSSR count). The van der Waals surface area contributed by atoms with Crippen molar-refractivity contribution in [3.8, 4) is 0 Å². The van der Waals surface area contributed by atoms with Gasteiger partial charge in [0.2, 0.25) is 10.0 Å². The first-order valence-electron chi connectivity index (χ1n) is 10.1. The number of benzene rings is 1. The van der Waals surface area contributed by atoms with Crippen molar-refractivity contribution in [2.75, 3.05) is 26.2 Å². The van der Waals surface area contributed by atoms with Gasteiger partial charge in [-0.05, 0) is 12.1 Å². The Morgan fingerprint density at radius 1 is 1.27 bits per heavy atom. The Morgan fingerprint density at radius 3 is 2.52 bits per heavy atom. The molecule has 2 aliphatic heterocycles. The Balaban J connectivity index is 0.000000383. The number of carboxylic acid groups (broad SMARTS) is 1. The van der Waals surface area contributed by atoms with Gasteiger partial charge in [-0.1, -0.05) is 18.2 Å². The quantitative estimate of drug-likeness (QED) is 0.631. The molecule has 3 heterocycles. The van der Waals surface area contributed by atoms with Crippen molar-refractivity contribution in [3.63, 3.8) is 0 Å². The van der Waals surface area contributed by atoms with Crippen LogP contribution in [-0.2, 0) is 33.1 Å². The number of hydrogen-bond acceptors (Lipinski definition) is 6. The second-order valence-electron chi connectivity index (χ2n) is 7.98. The fraction of sp³-hybridized carbons (Fsp3) is 0.500. The summed E-state index contributed by atoms with van der Waals surface area (Å²) in [5, 5.41) is 11.3. The molecule has 2 N–H and O–H groups in total. The maximum atomic E-state index is 12.4. The summed E-state index contributed by atoms with van der Waals surface area (Å²) in [4.78, 5) is 11.6. The molecule has 0 unspecified atom stereocenters. The number of carboxylic acids is 1. The largest absolute Gasteiger partial charge is 0.490 e. The Bertz CT molecular complexity index is 1050. The maximum absolute atomic E-state index is 12.4. The molecule has 9 nitrogen and oxygen atoms in total. The summed E-state index contributed by atoms with van der Waals surface area (Å²) in [6, 6.07) is 8.50. The molecule has 2 aliphatic rings. The van der Waals surface area contributed by atoms with Gasteiger partial charge in [-0.25, -0.2) is 17.9 Å². The Morgan fingerprint density at radius 2 is 1.94 bits per heavy atom. The second-order valence-corrected chi connectivity index (χ2v) is 9.75. The van der Waals surface area contributed by atoms with Gasteiger partial charge in [0, 0.05) is 56.8 Å². The molecule has 33 heavy (non-hydrogen) atoms. The number of ether oxygens (including phenoxy) is 1. The van der Waals surface area contributed by atoms with E-state index in [9.17, 15) is 21.6 Å². The van der Waals surface area contributed by atoms with Gasteiger partial charge in [0.05, 0.1) is 23.8 Å². The number of carbonyl (C=O) groups is 1. The monoisotopic (exact) mass is 490 g/mol. The van der Waals surface area contributed by atoms with E-state index in [1.165, 1.54) is 5.56 Å². The van der Waals surface area contributed by atoms with Crippen molar-refractivity contribution >= 4 is 16.0 Å². The second kappa shape index (κ2) is 10.2. The van der Waals surface area contributed by atoms with Crippen LogP contribution >= 0.6 is 0 Å². The number of hydrogen-bond donors (Lipinski definition) is 2. The van der Waals surface area contributed by atoms with E-state index in [2.05, 4.69) is 14.7 Å². The number of aliphatic carboxylic acids is 1. The molecule has 1 aromatic carbocycles. The Labute approximate surface area is 189 Å². The standard InChI is InChI=1S/C18H24N4O3S.C2HF3O2/c1-21-9-14(7-19-21)10-22-11-17-15(13-25-18(17)12-22)8-20-26(23,24)16-5-3-2-4-6-16;3-2(4,5)1(6)7/h2-7,9,15,17-18,20H,8,10-13H2,1H3;(H,6,7)/t15-,17+,18+;/m0./s1. The molecule has 2 aromatic rings. The van der Waals surface area contributed by atoms with Gasteiger partial charge < -0.3 is 9.84 Å². The lowest BCUT2D eigenvalue weighted by molar-refractivity contribution is -0.192. The van der Waals surface area contributed by atoms with Crippen LogP contribution in [-0.4, -0.2) is 72.7 Å². The number of fused-ring (bicyclic) bond motifs is 1. The third-order valence-electron chi connectivity index (χ3n) is 5.51. The average Bonchev–Trinajstić information content (AvgIpc) is 3.43. The van der Waals surface area contributed by atoms with Crippen molar-refractivity contribution in [2.24, 2.45) is 18.9 Å². The molecule has 0 spiro atoms. The minimum Gasteiger partial charge on any atom is -0.475 e. The number of likely N-dealkylation sites (tertiary alicyclic amines) is 1. The third kappa shape index (κ3) is 6.76. The van der Waals surface area contributed by atoms with E-state index in [0.29, 0.717) is 24.0 Å². The normalized spacial score (nSPS) is 23.1. The van der Waals surface area contributed by atoms with E-state index in [-0.39, 0.29) is 12.0 Å². The number of rotatable bonds is 6. The highest BCUT2D eigenvalue weighted by Crippen LogP contribution is 2.34. The van der Waals surface area contributed by atoms with Crippen molar-refractivity contribution < 1.29 is 36.2 Å². The van der Waals surface area contributed by atoms with Crippen LogP contribution in [0.2, 0.25) is 0 Å². The van der Waals surface area contributed by atoms with E-state index in [4.69, 9.17) is 14.6 Å². The highest BCUT2D eigenvalue weighted by molar-refractivity contribution is 7.89. The minimum atomic E-state index is -5.08. The van der Waals surface area contributed by atoms with E-state index < -0.39 is 22.2 Å². The molecular formula is C20H25F3N4O5S. The zero-order valence-electron chi connectivity index (χ0n) is 17.8. The first-order valence-corrected chi connectivity index (χ1v) is 11.6. The highest BCUT2D eigenvalue weighted by atomic mass is 32.2. The van der Waals surface area contributed by atoms with Gasteiger partial charge in [0.1, 0.15) is 0 Å².